The fourth-order valence-corrected chi connectivity index (χ4v) is 1.70. The number of urea groups is 1. The maximum absolute atomic E-state index is 11.8. The third kappa shape index (κ3) is 4.78. The summed E-state index contributed by atoms with van der Waals surface area (Å²) in [5.41, 5.74) is 3.12. The van der Waals surface area contributed by atoms with Gasteiger partial charge in [0.05, 0.1) is 0 Å². The lowest BCUT2D eigenvalue weighted by Crippen LogP contribution is -2.26. The monoisotopic (exact) mass is 260 g/mol. The van der Waals surface area contributed by atoms with Crippen LogP contribution >= 0.6 is 0 Å². The molecule has 1 aromatic carbocycles. The number of carbonyl (C=O) groups is 1. The smallest absolute Gasteiger partial charge is 0.314 e. The summed E-state index contributed by atoms with van der Waals surface area (Å²) in [5, 5.41) is 5.65. The fraction of sp³-hybridized carbons (Fsp3) is 0.438. The lowest BCUT2D eigenvalue weighted by atomic mass is 9.86. The predicted octanol–water partition coefficient (Wildman–Crippen LogP) is 4.42. The number of nitrogens with one attached hydrogen (secondary N) is 2. The molecule has 2 amide bonds. The molecule has 0 heterocycles. The van der Waals surface area contributed by atoms with Crippen LogP contribution in [0.4, 0.5) is 10.5 Å². The summed E-state index contributed by atoms with van der Waals surface area (Å²) in [6.07, 6.45) is 2.67. The molecule has 0 aliphatic heterocycles. The van der Waals surface area contributed by atoms with Gasteiger partial charge in [-0.05, 0) is 30.4 Å². The molecule has 3 nitrogen and oxygen atoms in total. The molecule has 0 radical (unpaired) electrons. The van der Waals surface area contributed by atoms with E-state index in [4.69, 9.17) is 0 Å². The van der Waals surface area contributed by atoms with Crippen molar-refractivity contribution in [1.29, 1.82) is 0 Å². The van der Waals surface area contributed by atoms with Crippen LogP contribution in [0.1, 0.15) is 46.6 Å². The molecule has 3 heteroatoms. The Morgan fingerprint density at radius 1 is 1.26 bits per heavy atom. The van der Waals surface area contributed by atoms with Crippen molar-refractivity contribution in [3.63, 3.8) is 0 Å². The van der Waals surface area contributed by atoms with Crippen molar-refractivity contribution >= 4 is 11.7 Å². The van der Waals surface area contributed by atoms with Crippen LogP contribution in [-0.2, 0) is 5.41 Å². The van der Waals surface area contributed by atoms with Gasteiger partial charge in [0.2, 0.25) is 0 Å². The molecule has 0 atom stereocenters. The van der Waals surface area contributed by atoms with E-state index in [-0.39, 0.29) is 11.4 Å². The maximum Gasteiger partial charge on any atom is 0.323 e. The van der Waals surface area contributed by atoms with Crippen LogP contribution in [0.5, 0.6) is 0 Å². The molecule has 2 N–H and O–H groups in total. The van der Waals surface area contributed by atoms with Crippen LogP contribution in [0.3, 0.4) is 0 Å². The van der Waals surface area contributed by atoms with Crippen molar-refractivity contribution in [2.75, 3.05) is 5.32 Å². The quantitative estimate of drug-likeness (QED) is 0.830. The third-order valence-corrected chi connectivity index (χ3v) is 2.99. The number of rotatable bonds is 3. The van der Waals surface area contributed by atoms with Gasteiger partial charge in [0, 0.05) is 11.9 Å². The Kier molecular flexibility index (Phi) is 5.16. The number of anilines is 1. The first-order valence-electron chi connectivity index (χ1n) is 6.67. The number of amides is 2. The molecule has 0 aromatic heterocycles. The molecular weight excluding hydrogens is 236 g/mol. The molecule has 0 saturated carbocycles. The Labute approximate surface area is 116 Å². The average molecular weight is 260 g/mol. The molecule has 0 saturated heterocycles. The summed E-state index contributed by atoms with van der Waals surface area (Å²) in [6.45, 7) is 10.4. The number of para-hydroxylation sites is 1. The summed E-state index contributed by atoms with van der Waals surface area (Å²) < 4.78 is 0. The normalized spacial score (nSPS) is 12.2. The van der Waals surface area contributed by atoms with Gasteiger partial charge in [-0.1, -0.05) is 51.5 Å². The summed E-state index contributed by atoms with van der Waals surface area (Å²) in [7, 11) is 0. The van der Waals surface area contributed by atoms with Crippen LogP contribution in [-0.4, -0.2) is 6.03 Å². The number of carbonyl (C=O) groups excluding carboxylic acids is 1. The fourth-order valence-electron chi connectivity index (χ4n) is 1.70. The van der Waals surface area contributed by atoms with E-state index in [9.17, 15) is 4.79 Å². The van der Waals surface area contributed by atoms with Crippen LogP contribution in [0, 0.1) is 0 Å². The van der Waals surface area contributed by atoms with Crippen LogP contribution in [0.25, 0.3) is 0 Å². The topological polar surface area (TPSA) is 41.1 Å². The molecule has 1 aromatic rings. The molecule has 0 fully saturated rings. The van der Waals surface area contributed by atoms with Gasteiger partial charge in [-0.15, -0.1) is 0 Å². The molecular formula is C16H24N2O. The largest absolute Gasteiger partial charge is 0.323 e. The van der Waals surface area contributed by atoms with E-state index < -0.39 is 0 Å². The number of hydrogen-bond acceptors (Lipinski definition) is 1. The van der Waals surface area contributed by atoms with E-state index in [0.29, 0.717) is 0 Å². The van der Waals surface area contributed by atoms with Gasteiger partial charge in [0.1, 0.15) is 0 Å². The first-order chi connectivity index (χ1) is 8.84. The van der Waals surface area contributed by atoms with Crippen LogP contribution in [0.15, 0.2) is 36.0 Å². The lowest BCUT2D eigenvalue weighted by molar-refractivity contribution is 0.255. The molecule has 0 spiro atoms. The minimum absolute atomic E-state index is 0.000945. The third-order valence-electron chi connectivity index (χ3n) is 2.99. The zero-order valence-electron chi connectivity index (χ0n) is 12.5. The van der Waals surface area contributed by atoms with Gasteiger partial charge in [-0.2, -0.15) is 0 Å². The Morgan fingerprint density at radius 3 is 2.47 bits per heavy atom. The molecule has 0 aliphatic carbocycles. The summed E-state index contributed by atoms with van der Waals surface area (Å²) in [5.74, 6) is 0. The molecule has 1 rings (SSSR count). The molecule has 19 heavy (non-hydrogen) atoms. The lowest BCUT2D eigenvalue weighted by Gasteiger charge is -2.22. The molecule has 0 unspecified atom stereocenters. The molecule has 104 valence electrons. The zero-order chi connectivity index (χ0) is 14.5. The first kappa shape index (κ1) is 15.3. The second kappa shape index (κ2) is 6.41. The van der Waals surface area contributed by atoms with Gasteiger partial charge in [-0.3, -0.25) is 0 Å². The zero-order valence-corrected chi connectivity index (χ0v) is 12.5. The van der Waals surface area contributed by atoms with E-state index in [0.717, 1.165) is 23.2 Å². The highest BCUT2D eigenvalue weighted by molar-refractivity contribution is 5.91. The SMILES string of the molecule is CC/C(C)=C/NC(=O)Nc1ccccc1C(C)(C)C. The van der Waals surface area contributed by atoms with E-state index in [2.05, 4.69) is 38.3 Å². The highest BCUT2D eigenvalue weighted by atomic mass is 16.2. The minimum atomic E-state index is -0.204. The summed E-state index contributed by atoms with van der Waals surface area (Å²) in [6, 6.07) is 7.69. The Balaban J connectivity index is 2.80. The second-order valence-corrected chi connectivity index (χ2v) is 5.74. The molecule has 0 aliphatic rings. The Morgan fingerprint density at radius 2 is 1.89 bits per heavy atom. The highest BCUT2D eigenvalue weighted by Crippen LogP contribution is 2.29. The summed E-state index contributed by atoms with van der Waals surface area (Å²) in [4.78, 5) is 11.8. The standard InChI is InChI=1S/C16H24N2O/c1-6-12(2)11-17-15(19)18-14-10-8-7-9-13(14)16(3,4)5/h7-11H,6H2,1-5H3,(H2,17,18,19)/b12-11+. The van der Waals surface area contributed by atoms with E-state index in [1.807, 2.05) is 31.2 Å². The highest BCUT2D eigenvalue weighted by Gasteiger charge is 2.18. The van der Waals surface area contributed by atoms with Crippen molar-refractivity contribution < 1.29 is 4.79 Å². The van der Waals surface area contributed by atoms with Crippen LogP contribution in [0.2, 0.25) is 0 Å². The Hall–Kier alpha value is -1.77. The van der Waals surface area contributed by atoms with E-state index >= 15 is 0 Å². The van der Waals surface area contributed by atoms with Gasteiger partial charge in [-0.25, -0.2) is 4.79 Å². The molecule has 0 bridgehead atoms. The van der Waals surface area contributed by atoms with Gasteiger partial charge in [0.25, 0.3) is 0 Å². The van der Waals surface area contributed by atoms with E-state index in [1.165, 1.54) is 0 Å². The number of hydrogen-bond donors (Lipinski definition) is 2. The van der Waals surface area contributed by atoms with Gasteiger partial charge in [0.15, 0.2) is 0 Å². The van der Waals surface area contributed by atoms with Crippen molar-refractivity contribution in [3.05, 3.63) is 41.6 Å². The average Bonchev–Trinajstić information content (AvgIpc) is 2.35. The van der Waals surface area contributed by atoms with Gasteiger partial charge >= 0.3 is 6.03 Å². The van der Waals surface area contributed by atoms with Crippen molar-refractivity contribution in [2.45, 2.75) is 46.5 Å². The first-order valence-corrected chi connectivity index (χ1v) is 6.67. The maximum atomic E-state index is 11.8. The Bertz CT molecular complexity index is 470. The van der Waals surface area contributed by atoms with Crippen molar-refractivity contribution in [2.24, 2.45) is 0 Å². The number of allylic oxidation sites excluding steroid dienone is 1. The second-order valence-electron chi connectivity index (χ2n) is 5.74. The van der Waals surface area contributed by atoms with Crippen LogP contribution < -0.4 is 10.6 Å². The van der Waals surface area contributed by atoms with Gasteiger partial charge < -0.3 is 10.6 Å². The van der Waals surface area contributed by atoms with Crippen molar-refractivity contribution in [1.82, 2.24) is 5.32 Å². The number of benzene rings is 1. The van der Waals surface area contributed by atoms with Crippen molar-refractivity contribution in [3.8, 4) is 0 Å². The van der Waals surface area contributed by atoms with E-state index in [1.54, 1.807) is 6.20 Å². The minimum Gasteiger partial charge on any atom is -0.314 e. The predicted molar refractivity (Wildman–Crippen MR) is 81.3 cm³/mol. The summed E-state index contributed by atoms with van der Waals surface area (Å²) >= 11 is 0.